The van der Waals surface area contributed by atoms with Crippen molar-refractivity contribution in [1.29, 1.82) is 0 Å². The van der Waals surface area contributed by atoms with Crippen LogP contribution in [0.15, 0.2) is 18.2 Å². The lowest BCUT2D eigenvalue weighted by atomic mass is 9.96. The number of hydrogen-bond acceptors (Lipinski definition) is 1. The summed E-state index contributed by atoms with van der Waals surface area (Å²) >= 11 is 11.4. The number of rotatable bonds is 5. The summed E-state index contributed by atoms with van der Waals surface area (Å²) in [6, 6.07) is 4.07. The van der Waals surface area contributed by atoms with Crippen LogP contribution in [0.4, 0.5) is 4.39 Å². The summed E-state index contributed by atoms with van der Waals surface area (Å²) in [5.74, 6) is -0.189. The highest BCUT2D eigenvalue weighted by atomic mass is 35.5. The molecule has 0 aliphatic heterocycles. The van der Waals surface area contributed by atoms with Gasteiger partial charge < -0.3 is 4.79 Å². The molecule has 4 heteroatoms. The summed E-state index contributed by atoms with van der Waals surface area (Å²) in [4.78, 5) is 10.9. The van der Waals surface area contributed by atoms with Crippen LogP contribution < -0.4 is 0 Å². The van der Waals surface area contributed by atoms with Gasteiger partial charge in [0.15, 0.2) is 0 Å². The molecule has 1 unspecified atom stereocenters. The fourth-order valence-electron chi connectivity index (χ4n) is 1.40. The first kappa shape index (κ1) is 12.5. The minimum Gasteiger partial charge on any atom is -0.303 e. The molecule has 0 bridgehead atoms. The van der Waals surface area contributed by atoms with Crippen molar-refractivity contribution in [2.45, 2.75) is 18.8 Å². The van der Waals surface area contributed by atoms with Crippen LogP contribution in [0.5, 0.6) is 0 Å². The molecule has 82 valence electrons. The SMILES string of the molecule is O=CC(CCCCl)c1ccc(F)cc1Cl. The fourth-order valence-corrected chi connectivity index (χ4v) is 1.86. The number of carbonyl (C=O) groups is 1. The minimum absolute atomic E-state index is 0.293. The molecule has 1 aromatic rings. The van der Waals surface area contributed by atoms with E-state index in [0.29, 0.717) is 22.9 Å². The molecule has 15 heavy (non-hydrogen) atoms. The van der Waals surface area contributed by atoms with Gasteiger partial charge in [-0.05, 0) is 30.5 Å². The molecule has 0 aliphatic rings. The van der Waals surface area contributed by atoms with Crippen LogP contribution in [0, 0.1) is 5.82 Å². The van der Waals surface area contributed by atoms with Crippen LogP contribution in [0.3, 0.4) is 0 Å². The Morgan fingerprint density at radius 1 is 1.47 bits per heavy atom. The van der Waals surface area contributed by atoms with Gasteiger partial charge in [-0.25, -0.2) is 4.39 Å². The molecule has 0 aliphatic carbocycles. The third-order valence-electron chi connectivity index (χ3n) is 2.17. The van der Waals surface area contributed by atoms with Gasteiger partial charge >= 0.3 is 0 Å². The second kappa shape index (κ2) is 6.09. The van der Waals surface area contributed by atoms with Crippen molar-refractivity contribution in [2.24, 2.45) is 0 Å². The Balaban J connectivity index is 2.86. The van der Waals surface area contributed by atoms with Gasteiger partial charge in [0.2, 0.25) is 0 Å². The van der Waals surface area contributed by atoms with Crippen LogP contribution in [0.1, 0.15) is 24.3 Å². The first-order chi connectivity index (χ1) is 7.19. The maximum Gasteiger partial charge on any atom is 0.127 e. The van der Waals surface area contributed by atoms with Crippen molar-refractivity contribution in [3.8, 4) is 0 Å². The van der Waals surface area contributed by atoms with Gasteiger partial charge in [0.1, 0.15) is 12.1 Å². The normalized spacial score (nSPS) is 12.5. The molecule has 0 amide bonds. The lowest BCUT2D eigenvalue weighted by Gasteiger charge is -2.11. The van der Waals surface area contributed by atoms with Crippen molar-refractivity contribution in [3.63, 3.8) is 0 Å². The molecule has 0 spiro atoms. The predicted octanol–water partition coefficient (Wildman–Crippen LogP) is 3.78. The molecule has 0 saturated heterocycles. The maximum absolute atomic E-state index is 12.8. The van der Waals surface area contributed by atoms with E-state index < -0.39 is 5.82 Å². The Kier molecular flexibility index (Phi) is 5.06. The Morgan fingerprint density at radius 2 is 2.20 bits per heavy atom. The number of benzene rings is 1. The number of hydrogen-bond donors (Lipinski definition) is 0. The van der Waals surface area contributed by atoms with Crippen LogP contribution in [-0.4, -0.2) is 12.2 Å². The molecule has 1 nitrogen and oxygen atoms in total. The topological polar surface area (TPSA) is 17.1 Å². The number of halogens is 3. The zero-order valence-corrected chi connectivity index (χ0v) is 9.56. The lowest BCUT2D eigenvalue weighted by molar-refractivity contribution is -0.109. The zero-order valence-electron chi connectivity index (χ0n) is 8.05. The number of carbonyl (C=O) groups excluding carboxylic acids is 1. The molecule has 1 rings (SSSR count). The number of alkyl halides is 1. The van der Waals surface area contributed by atoms with E-state index in [9.17, 15) is 9.18 Å². The molecule has 0 radical (unpaired) electrons. The third-order valence-corrected chi connectivity index (χ3v) is 2.77. The minimum atomic E-state index is -0.397. The van der Waals surface area contributed by atoms with Crippen molar-refractivity contribution < 1.29 is 9.18 Å². The van der Waals surface area contributed by atoms with E-state index >= 15 is 0 Å². The van der Waals surface area contributed by atoms with Crippen molar-refractivity contribution in [3.05, 3.63) is 34.6 Å². The smallest absolute Gasteiger partial charge is 0.127 e. The fraction of sp³-hybridized carbons (Fsp3) is 0.364. The van der Waals surface area contributed by atoms with Crippen LogP contribution in [-0.2, 0) is 4.79 Å². The second-order valence-electron chi connectivity index (χ2n) is 3.24. The maximum atomic E-state index is 12.8. The highest BCUT2D eigenvalue weighted by Crippen LogP contribution is 2.27. The Bertz CT molecular complexity index is 341. The van der Waals surface area contributed by atoms with Crippen LogP contribution in [0.25, 0.3) is 0 Å². The molecule has 0 saturated carbocycles. The molecular formula is C11H11Cl2FO. The molecule has 1 aromatic carbocycles. The zero-order chi connectivity index (χ0) is 11.3. The van der Waals surface area contributed by atoms with Gasteiger partial charge in [-0.1, -0.05) is 17.7 Å². The molecular weight excluding hydrogens is 238 g/mol. The van der Waals surface area contributed by atoms with E-state index in [0.717, 1.165) is 12.7 Å². The molecule has 0 aromatic heterocycles. The van der Waals surface area contributed by atoms with Gasteiger partial charge in [-0.15, -0.1) is 11.6 Å². The van der Waals surface area contributed by atoms with Gasteiger partial charge in [0, 0.05) is 16.8 Å². The highest BCUT2D eigenvalue weighted by Gasteiger charge is 2.13. The molecule has 0 heterocycles. The van der Waals surface area contributed by atoms with E-state index in [2.05, 4.69) is 0 Å². The second-order valence-corrected chi connectivity index (χ2v) is 4.02. The van der Waals surface area contributed by atoms with Gasteiger partial charge in [-0.3, -0.25) is 0 Å². The predicted molar refractivity (Wildman–Crippen MR) is 60.2 cm³/mol. The number of aldehydes is 1. The van der Waals surface area contributed by atoms with E-state index in [4.69, 9.17) is 23.2 Å². The largest absolute Gasteiger partial charge is 0.303 e. The summed E-state index contributed by atoms with van der Waals surface area (Å²) < 4.78 is 12.8. The lowest BCUT2D eigenvalue weighted by Crippen LogP contribution is -2.02. The molecule has 1 atom stereocenters. The first-order valence-electron chi connectivity index (χ1n) is 4.65. The molecule has 0 N–H and O–H groups in total. The first-order valence-corrected chi connectivity index (χ1v) is 5.56. The quantitative estimate of drug-likeness (QED) is 0.573. The average molecular weight is 249 g/mol. The Morgan fingerprint density at radius 3 is 2.73 bits per heavy atom. The Labute approximate surface area is 98.2 Å². The Hall–Kier alpha value is -0.600. The van der Waals surface area contributed by atoms with Crippen molar-refractivity contribution in [2.75, 3.05) is 5.88 Å². The summed E-state index contributed by atoms with van der Waals surface area (Å²) in [5, 5.41) is 0.293. The highest BCUT2D eigenvalue weighted by molar-refractivity contribution is 6.31. The van der Waals surface area contributed by atoms with E-state index in [-0.39, 0.29) is 5.92 Å². The monoisotopic (exact) mass is 248 g/mol. The van der Waals surface area contributed by atoms with Gasteiger partial charge in [-0.2, -0.15) is 0 Å². The van der Waals surface area contributed by atoms with Crippen molar-refractivity contribution >= 4 is 29.5 Å². The third kappa shape index (κ3) is 3.47. The summed E-state index contributed by atoms with van der Waals surface area (Å²) in [5.41, 5.74) is 0.665. The van der Waals surface area contributed by atoms with Gasteiger partial charge in [0.05, 0.1) is 0 Å². The van der Waals surface area contributed by atoms with Crippen LogP contribution in [0.2, 0.25) is 5.02 Å². The molecule has 0 fully saturated rings. The van der Waals surface area contributed by atoms with E-state index in [1.54, 1.807) is 6.07 Å². The van der Waals surface area contributed by atoms with Gasteiger partial charge in [0.25, 0.3) is 0 Å². The average Bonchev–Trinajstić information content (AvgIpc) is 2.21. The van der Waals surface area contributed by atoms with Crippen LogP contribution >= 0.6 is 23.2 Å². The van der Waals surface area contributed by atoms with E-state index in [1.807, 2.05) is 0 Å². The summed E-state index contributed by atoms with van der Waals surface area (Å²) in [6.07, 6.45) is 2.20. The summed E-state index contributed by atoms with van der Waals surface area (Å²) in [6.45, 7) is 0. The standard InChI is InChI=1S/C11H11Cl2FO/c12-5-1-2-8(7-15)10-4-3-9(14)6-11(10)13/h3-4,6-8H,1-2,5H2. The summed E-state index contributed by atoms with van der Waals surface area (Å²) in [7, 11) is 0. The van der Waals surface area contributed by atoms with E-state index in [1.165, 1.54) is 12.1 Å². The van der Waals surface area contributed by atoms with Crippen molar-refractivity contribution in [1.82, 2.24) is 0 Å².